The van der Waals surface area contributed by atoms with E-state index in [2.05, 4.69) is 85.5 Å². The van der Waals surface area contributed by atoms with Crippen LogP contribution in [0, 0.1) is 18.3 Å². The Hall–Kier alpha value is -2.96. The second-order valence-corrected chi connectivity index (χ2v) is 14.9. The van der Waals surface area contributed by atoms with Crippen LogP contribution < -0.4 is 14.8 Å². The van der Waals surface area contributed by atoms with Crippen LogP contribution in [-0.4, -0.2) is 98.7 Å². The highest BCUT2D eigenvalue weighted by Crippen LogP contribution is 2.33. The van der Waals surface area contributed by atoms with Crippen molar-refractivity contribution >= 4 is 49.8 Å². The fourth-order valence-corrected chi connectivity index (χ4v) is 8.51. The van der Waals surface area contributed by atoms with Crippen molar-refractivity contribution in [3.63, 3.8) is 0 Å². The second-order valence-electron chi connectivity index (χ2n) is 12.3. The molecule has 0 radical (unpaired) electrons. The average molecular weight is 664 g/mol. The van der Waals surface area contributed by atoms with E-state index < -0.39 is 11.5 Å². The van der Waals surface area contributed by atoms with Crippen molar-refractivity contribution in [2.24, 2.45) is 0 Å². The monoisotopic (exact) mass is 663 g/mol. The number of nitriles is 1. The minimum atomic E-state index is -1.13. The standard InChI is InChI=1S/C33H45N9O2S2/c1-6-27-18-29-31(37-33(44-5)38-32(29)45-27)36-25-9-11-39(12-10-25)21-24-7-8-30-28(23(24)3)17-26(19-34)42(30)20-22(2)40-13-15-41(16-14-40)46(43)35-4/h7-8,17-18,22,25,35H,6,9-16,20-21H2,1-5H3,(H,36,37,38)/t22-,46?/m0/s1. The summed E-state index contributed by atoms with van der Waals surface area (Å²) in [5.74, 6) is 0.872. The van der Waals surface area contributed by atoms with Crippen molar-refractivity contribution in [2.75, 3.05) is 58.7 Å². The summed E-state index contributed by atoms with van der Waals surface area (Å²) in [5.41, 5.74) is 4.39. The van der Waals surface area contributed by atoms with Crippen molar-refractivity contribution in [1.29, 1.82) is 5.26 Å². The number of piperidine rings is 1. The SMILES string of the molecule is CCc1cc2c(NC3CCN(Cc4ccc5c(cc(C#N)n5C[C@H](C)N5CCN([S+]([O-])NC)CC5)c4C)CC3)nc(OC)nc2s1. The number of piperazine rings is 1. The number of aromatic nitrogens is 3. The van der Waals surface area contributed by atoms with Gasteiger partial charge in [0.15, 0.2) is 0 Å². The number of nitrogens with zero attached hydrogens (tertiary/aromatic N) is 7. The number of fused-ring (bicyclic) bond motifs is 2. The number of likely N-dealkylation sites (tertiary alicyclic amines) is 1. The largest absolute Gasteiger partial charge is 0.579 e. The molecule has 2 fully saturated rings. The van der Waals surface area contributed by atoms with E-state index in [-0.39, 0.29) is 6.04 Å². The number of aryl methyl sites for hydroxylation is 2. The highest BCUT2D eigenvalue weighted by molar-refractivity contribution is 7.87. The molecule has 1 aromatic carbocycles. The van der Waals surface area contributed by atoms with E-state index in [9.17, 15) is 9.81 Å². The van der Waals surface area contributed by atoms with Crippen LogP contribution in [0.15, 0.2) is 24.3 Å². The van der Waals surface area contributed by atoms with Crippen molar-refractivity contribution < 1.29 is 9.29 Å². The van der Waals surface area contributed by atoms with Gasteiger partial charge >= 0.3 is 6.01 Å². The maximum Gasteiger partial charge on any atom is 0.319 e. The molecule has 2 aliphatic rings. The summed E-state index contributed by atoms with van der Waals surface area (Å²) in [6, 6.07) is 12.2. The quantitative estimate of drug-likeness (QED) is 0.225. The molecular weight excluding hydrogens is 619 g/mol. The Labute approximate surface area is 279 Å². The molecule has 13 heteroatoms. The van der Waals surface area contributed by atoms with Gasteiger partial charge < -0.3 is 19.2 Å². The van der Waals surface area contributed by atoms with Crippen LogP contribution >= 0.6 is 11.3 Å². The first kappa shape index (κ1) is 33.0. The normalized spacial score (nSPS) is 18.6. The molecule has 5 heterocycles. The van der Waals surface area contributed by atoms with Crippen LogP contribution in [0.2, 0.25) is 0 Å². The van der Waals surface area contributed by atoms with Crippen LogP contribution in [0.1, 0.15) is 48.4 Å². The number of ether oxygens (including phenoxy) is 1. The van der Waals surface area contributed by atoms with E-state index >= 15 is 0 Å². The van der Waals surface area contributed by atoms with Gasteiger partial charge in [-0.3, -0.25) is 9.80 Å². The van der Waals surface area contributed by atoms with Gasteiger partial charge in [0.25, 0.3) is 0 Å². The molecule has 46 heavy (non-hydrogen) atoms. The van der Waals surface area contributed by atoms with E-state index in [0.29, 0.717) is 17.7 Å². The van der Waals surface area contributed by atoms with Gasteiger partial charge in [-0.2, -0.15) is 15.2 Å². The van der Waals surface area contributed by atoms with E-state index in [1.807, 2.05) is 4.31 Å². The third-order valence-corrected chi connectivity index (χ3v) is 12.0. The summed E-state index contributed by atoms with van der Waals surface area (Å²) in [6.45, 7) is 13.5. The van der Waals surface area contributed by atoms with E-state index in [1.54, 1.807) is 25.5 Å². The number of rotatable bonds is 11. The molecule has 0 bridgehead atoms. The predicted octanol–water partition coefficient (Wildman–Crippen LogP) is 4.28. The third kappa shape index (κ3) is 6.85. The van der Waals surface area contributed by atoms with Gasteiger partial charge in [-0.15, -0.1) is 20.4 Å². The second kappa shape index (κ2) is 14.4. The summed E-state index contributed by atoms with van der Waals surface area (Å²) in [4.78, 5) is 16.5. The van der Waals surface area contributed by atoms with Crippen molar-refractivity contribution in [1.82, 2.24) is 33.4 Å². The highest BCUT2D eigenvalue weighted by Gasteiger charge is 2.28. The molecule has 3 aromatic heterocycles. The Morgan fingerprint density at radius 2 is 1.89 bits per heavy atom. The molecule has 2 saturated heterocycles. The molecule has 0 aliphatic carbocycles. The Kier molecular flexibility index (Phi) is 10.3. The average Bonchev–Trinajstić information content (AvgIpc) is 3.68. The van der Waals surface area contributed by atoms with E-state index in [0.717, 1.165) is 98.6 Å². The number of hydrogen-bond acceptors (Lipinski definition) is 11. The van der Waals surface area contributed by atoms with Gasteiger partial charge in [-0.05, 0) is 62.4 Å². The molecular formula is C33H45N9O2S2. The first-order chi connectivity index (χ1) is 22.3. The minimum Gasteiger partial charge on any atom is -0.579 e. The van der Waals surface area contributed by atoms with Gasteiger partial charge in [0.2, 0.25) is 0 Å². The lowest BCUT2D eigenvalue weighted by Gasteiger charge is -2.37. The number of benzene rings is 1. The summed E-state index contributed by atoms with van der Waals surface area (Å²) in [6.07, 6.45) is 3.05. The third-order valence-electron chi connectivity index (χ3n) is 9.61. The molecule has 0 spiro atoms. The van der Waals surface area contributed by atoms with Crippen LogP contribution in [0.4, 0.5) is 5.82 Å². The van der Waals surface area contributed by atoms with Crippen LogP contribution in [0.5, 0.6) is 6.01 Å². The molecule has 2 aliphatic heterocycles. The first-order valence-corrected chi connectivity index (χ1v) is 18.2. The molecule has 0 saturated carbocycles. The molecule has 6 rings (SSSR count). The van der Waals surface area contributed by atoms with Crippen molar-refractivity contribution in [3.8, 4) is 12.1 Å². The van der Waals surface area contributed by atoms with Crippen LogP contribution in [0.25, 0.3) is 21.1 Å². The first-order valence-electron chi connectivity index (χ1n) is 16.2. The number of anilines is 1. The molecule has 4 aromatic rings. The van der Waals surface area contributed by atoms with Gasteiger partial charge in [0, 0.05) is 74.2 Å². The van der Waals surface area contributed by atoms with Gasteiger partial charge in [-0.25, -0.2) is 0 Å². The molecule has 0 amide bonds. The summed E-state index contributed by atoms with van der Waals surface area (Å²) < 4.78 is 24.5. The Morgan fingerprint density at radius 1 is 1.13 bits per heavy atom. The number of hydrogen-bond donors (Lipinski definition) is 2. The summed E-state index contributed by atoms with van der Waals surface area (Å²) in [5, 5.41) is 16.0. The van der Waals surface area contributed by atoms with Crippen LogP contribution in [0.3, 0.4) is 0 Å². The van der Waals surface area contributed by atoms with Gasteiger partial charge in [0.05, 0.1) is 25.6 Å². The van der Waals surface area contributed by atoms with Crippen LogP contribution in [-0.2, 0) is 31.1 Å². The highest BCUT2D eigenvalue weighted by atomic mass is 32.2. The lowest BCUT2D eigenvalue weighted by molar-refractivity contribution is 0.135. The number of nitrogens with one attached hydrogen (secondary N) is 2. The van der Waals surface area contributed by atoms with Gasteiger partial charge in [-0.1, -0.05) is 13.0 Å². The minimum absolute atomic E-state index is 0.260. The van der Waals surface area contributed by atoms with Gasteiger partial charge in [0.1, 0.15) is 34.0 Å². The number of methoxy groups -OCH3 is 1. The van der Waals surface area contributed by atoms with Crippen molar-refractivity contribution in [3.05, 3.63) is 46.0 Å². The zero-order valence-corrected chi connectivity index (χ0v) is 29.1. The fraction of sp³-hybridized carbons (Fsp3) is 0.545. The Bertz CT molecular complexity index is 1700. The summed E-state index contributed by atoms with van der Waals surface area (Å²) in [7, 11) is 3.34. The zero-order chi connectivity index (χ0) is 32.4. The molecule has 2 N–H and O–H groups in total. The Balaban J connectivity index is 1.09. The molecule has 11 nitrogen and oxygen atoms in total. The molecule has 1 unspecified atom stereocenters. The van der Waals surface area contributed by atoms with Crippen molar-refractivity contribution in [2.45, 2.75) is 65.2 Å². The maximum atomic E-state index is 12.1. The zero-order valence-electron chi connectivity index (χ0n) is 27.5. The lowest BCUT2D eigenvalue weighted by Crippen LogP contribution is -2.54. The predicted molar refractivity (Wildman–Crippen MR) is 186 cm³/mol. The van der Waals surface area contributed by atoms with E-state index in [4.69, 9.17) is 4.74 Å². The maximum absolute atomic E-state index is 12.1. The molecule has 2 atom stereocenters. The lowest BCUT2D eigenvalue weighted by atomic mass is 10.0. The topological polar surface area (TPSA) is 121 Å². The Morgan fingerprint density at radius 3 is 2.57 bits per heavy atom. The number of thiophene rings is 1. The summed E-state index contributed by atoms with van der Waals surface area (Å²) >= 11 is 0.580. The smallest absolute Gasteiger partial charge is 0.319 e. The van der Waals surface area contributed by atoms with E-state index in [1.165, 1.54) is 16.0 Å². The fourth-order valence-electron chi connectivity index (χ4n) is 6.80. The molecule has 246 valence electrons.